The standard InChI is InChI=1S/C15H16FN5O2/c16-11-2-1-3-12(8-11)21-15-13(9-19-21)14(17-10-18-15)20(4-6-22)5-7-23/h1-3,8-10,22-23H,4-7H2. The van der Waals surface area contributed by atoms with Gasteiger partial charge in [0.2, 0.25) is 0 Å². The topological polar surface area (TPSA) is 87.3 Å². The van der Waals surface area contributed by atoms with Crippen molar-refractivity contribution in [2.45, 2.75) is 0 Å². The first kappa shape index (κ1) is 15.3. The highest BCUT2D eigenvalue weighted by Crippen LogP contribution is 2.24. The zero-order chi connectivity index (χ0) is 16.2. The molecule has 7 nitrogen and oxygen atoms in total. The second-order valence-corrected chi connectivity index (χ2v) is 4.91. The predicted octanol–water partition coefficient (Wildman–Crippen LogP) is 0.746. The van der Waals surface area contributed by atoms with Crippen molar-refractivity contribution < 1.29 is 14.6 Å². The highest BCUT2D eigenvalue weighted by atomic mass is 19.1. The number of nitrogens with zero attached hydrogens (tertiary/aromatic N) is 5. The molecular weight excluding hydrogens is 301 g/mol. The minimum atomic E-state index is -0.359. The summed E-state index contributed by atoms with van der Waals surface area (Å²) in [7, 11) is 0. The molecule has 0 atom stereocenters. The zero-order valence-corrected chi connectivity index (χ0v) is 12.3. The third-order valence-corrected chi connectivity index (χ3v) is 3.44. The van der Waals surface area contributed by atoms with Crippen molar-refractivity contribution in [3.63, 3.8) is 0 Å². The van der Waals surface area contributed by atoms with Gasteiger partial charge in [0.15, 0.2) is 5.65 Å². The summed E-state index contributed by atoms with van der Waals surface area (Å²) in [6, 6.07) is 6.06. The molecule has 0 radical (unpaired) electrons. The number of anilines is 1. The van der Waals surface area contributed by atoms with Crippen LogP contribution in [-0.2, 0) is 0 Å². The van der Waals surface area contributed by atoms with Crippen LogP contribution in [0.2, 0.25) is 0 Å². The molecule has 0 saturated carbocycles. The van der Waals surface area contributed by atoms with Crippen LogP contribution in [0.5, 0.6) is 0 Å². The normalized spacial score (nSPS) is 11.1. The van der Waals surface area contributed by atoms with Gasteiger partial charge >= 0.3 is 0 Å². The molecule has 2 heterocycles. The van der Waals surface area contributed by atoms with Crippen molar-refractivity contribution in [2.24, 2.45) is 0 Å². The van der Waals surface area contributed by atoms with Gasteiger partial charge in [-0.3, -0.25) is 0 Å². The molecule has 3 aromatic rings. The van der Waals surface area contributed by atoms with E-state index in [4.69, 9.17) is 0 Å². The van der Waals surface area contributed by atoms with Gasteiger partial charge in [0.1, 0.15) is 18.0 Å². The smallest absolute Gasteiger partial charge is 0.168 e. The molecule has 0 bridgehead atoms. The van der Waals surface area contributed by atoms with Crippen LogP contribution in [0.25, 0.3) is 16.7 Å². The molecule has 0 saturated heterocycles. The van der Waals surface area contributed by atoms with Crippen LogP contribution in [-0.4, -0.2) is 56.3 Å². The Morgan fingerprint density at radius 1 is 1.13 bits per heavy atom. The lowest BCUT2D eigenvalue weighted by molar-refractivity contribution is 0.281. The third kappa shape index (κ3) is 2.99. The van der Waals surface area contributed by atoms with Gasteiger partial charge in [-0.25, -0.2) is 19.0 Å². The summed E-state index contributed by atoms with van der Waals surface area (Å²) in [6.45, 7) is 0.530. The van der Waals surface area contributed by atoms with E-state index in [1.54, 1.807) is 23.2 Å². The summed E-state index contributed by atoms with van der Waals surface area (Å²) in [5.74, 6) is 0.211. The van der Waals surface area contributed by atoms with Gasteiger partial charge in [-0.2, -0.15) is 5.10 Å². The molecule has 0 amide bonds. The van der Waals surface area contributed by atoms with Crippen LogP contribution >= 0.6 is 0 Å². The van der Waals surface area contributed by atoms with Crippen molar-refractivity contribution >= 4 is 16.9 Å². The van der Waals surface area contributed by atoms with E-state index in [9.17, 15) is 14.6 Å². The van der Waals surface area contributed by atoms with Crippen LogP contribution in [0.1, 0.15) is 0 Å². The van der Waals surface area contributed by atoms with E-state index in [-0.39, 0.29) is 19.0 Å². The Hall–Kier alpha value is -2.58. The lowest BCUT2D eigenvalue weighted by atomic mass is 10.3. The van der Waals surface area contributed by atoms with Gasteiger partial charge in [0.25, 0.3) is 0 Å². The molecule has 3 rings (SSSR count). The summed E-state index contributed by atoms with van der Waals surface area (Å²) in [6.07, 6.45) is 2.98. The van der Waals surface area contributed by atoms with E-state index in [0.29, 0.717) is 35.6 Å². The lowest BCUT2D eigenvalue weighted by Crippen LogP contribution is -2.30. The molecule has 1 aromatic carbocycles. The maximum absolute atomic E-state index is 13.4. The van der Waals surface area contributed by atoms with Crippen LogP contribution in [0.15, 0.2) is 36.8 Å². The molecule has 0 fully saturated rings. The fourth-order valence-corrected chi connectivity index (χ4v) is 2.45. The maximum Gasteiger partial charge on any atom is 0.168 e. The number of aliphatic hydroxyl groups excluding tert-OH is 2. The van der Waals surface area contributed by atoms with Crippen molar-refractivity contribution in [1.29, 1.82) is 0 Å². The second-order valence-electron chi connectivity index (χ2n) is 4.91. The number of hydrogen-bond donors (Lipinski definition) is 2. The Morgan fingerprint density at radius 3 is 2.61 bits per heavy atom. The number of halogens is 1. The number of aliphatic hydroxyl groups is 2. The largest absolute Gasteiger partial charge is 0.395 e. The molecular formula is C15H16FN5O2. The van der Waals surface area contributed by atoms with E-state index < -0.39 is 0 Å². The van der Waals surface area contributed by atoms with E-state index in [1.807, 2.05) is 0 Å². The van der Waals surface area contributed by atoms with Gasteiger partial charge in [0.05, 0.1) is 30.5 Å². The maximum atomic E-state index is 13.4. The Kier molecular flexibility index (Phi) is 4.45. The molecule has 120 valence electrons. The molecule has 2 aromatic heterocycles. The number of benzene rings is 1. The first-order chi connectivity index (χ1) is 11.2. The molecule has 0 spiro atoms. The van der Waals surface area contributed by atoms with E-state index >= 15 is 0 Å². The van der Waals surface area contributed by atoms with Crippen molar-refractivity contribution in [1.82, 2.24) is 19.7 Å². The van der Waals surface area contributed by atoms with E-state index in [0.717, 1.165) is 0 Å². The van der Waals surface area contributed by atoms with Gasteiger partial charge in [-0.1, -0.05) is 6.07 Å². The molecule has 23 heavy (non-hydrogen) atoms. The Bertz CT molecular complexity index is 801. The van der Waals surface area contributed by atoms with Gasteiger partial charge in [-0.15, -0.1) is 0 Å². The Balaban J connectivity index is 2.10. The van der Waals surface area contributed by atoms with E-state index in [2.05, 4.69) is 15.1 Å². The van der Waals surface area contributed by atoms with Gasteiger partial charge < -0.3 is 15.1 Å². The summed E-state index contributed by atoms with van der Waals surface area (Å²) in [5, 5.41) is 23.3. The summed E-state index contributed by atoms with van der Waals surface area (Å²) in [4.78, 5) is 10.2. The predicted molar refractivity (Wildman–Crippen MR) is 83.0 cm³/mol. The average Bonchev–Trinajstić information content (AvgIpc) is 2.99. The number of rotatable bonds is 6. The lowest BCUT2D eigenvalue weighted by Gasteiger charge is -2.21. The first-order valence-electron chi connectivity index (χ1n) is 7.16. The monoisotopic (exact) mass is 317 g/mol. The Labute approximate surface area is 131 Å². The fourth-order valence-electron chi connectivity index (χ4n) is 2.45. The van der Waals surface area contributed by atoms with Gasteiger partial charge in [-0.05, 0) is 18.2 Å². The van der Waals surface area contributed by atoms with Crippen LogP contribution in [0, 0.1) is 5.82 Å². The number of hydrogen-bond acceptors (Lipinski definition) is 6. The Morgan fingerprint density at radius 2 is 1.91 bits per heavy atom. The van der Waals surface area contributed by atoms with Crippen LogP contribution in [0.4, 0.5) is 10.2 Å². The molecule has 0 unspecified atom stereocenters. The third-order valence-electron chi connectivity index (χ3n) is 3.44. The SMILES string of the molecule is OCCN(CCO)c1ncnc2c1cnn2-c1cccc(F)c1. The fraction of sp³-hybridized carbons (Fsp3) is 0.267. The highest BCUT2D eigenvalue weighted by Gasteiger charge is 2.16. The average molecular weight is 317 g/mol. The van der Waals surface area contributed by atoms with Crippen molar-refractivity contribution in [3.8, 4) is 5.69 Å². The number of aromatic nitrogens is 4. The van der Waals surface area contributed by atoms with Crippen LogP contribution in [0.3, 0.4) is 0 Å². The summed E-state index contributed by atoms with van der Waals surface area (Å²) < 4.78 is 15.0. The first-order valence-corrected chi connectivity index (χ1v) is 7.16. The van der Waals surface area contributed by atoms with Crippen molar-refractivity contribution in [3.05, 3.63) is 42.6 Å². The zero-order valence-electron chi connectivity index (χ0n) is 12.3. The van der Waals surface area contributed by atoms with Crippen molar-refractivity contribution in [2.75, 3.05) is 31.2 Å². The molecule has 2 N–H and O–H groups in total. The number of fused-ring (bicyclic) bond motifs is 1. The molecule has 8 heteroatoms. The van der Waals surface area contributed by atoms with E-state index in [1.165, 1.54) is 23.1 Å². The molecule has 0 aliphatic rings. The quantitative estimate of drug-likeness (QED) is 0.697. The second kappa shape index (κ2) is 6.67. The molecule has 0 aliphatic heterocycles. The summed E-state index contributed by atoms with van der Waals surface area (Å²) >= 11 is 0. The summed E-state index contributed by atoms with van der Waals surface area (Å²) in [5.41, 5.74) is 1.09. The van der Waals surface area contributed by atoms with Gasteiger partial charge in [0, 0.05) is 13.1 Å². The van der Waals surface area contributed by atoms with Crippen LogP contribution < -0.4 is 4.90 Å². The minimum Gasteiger partial charge on any atom is -0.395 e. The highest BCUT2D eigenvalue weighted by molar-refractivity contribution is 5.87. The molecule has 0 aliphatic carbocycles. The minimum absolute atomic E-state index is 0.0659.